The number of nitrogens with zero attached hydrogens (tertiary/aromatic N) is 1. The zero-order valence-electron chi connectivity index (χ0n) is 13.8. The maximum absolute atomic E-state index is 12.4. The Morgan fingerprint density at radius 2 is 1.89 bits per heavy atom. The van der Waals surface area contributed by atoms with Crippen LogP contribution < -0.4 is 10.1 Å². The van der Waals surface area contributed by atoms with Gasteiger partial charge in [0, 0.05) is 4.47 Å². The molecule has 1 aromatic heterocycles. The summed E-state index contributed by atoms with van der Waals surface area (Å²) in [5.41, 5.74) is 3.56. The molecule has 0 saturated heterocycles. The lowest BCUT2D eigenvalue weighted by atomic mass is 10.2. The SMILES string of the molecule is O=C(N/N=C/c1cccc(Br)c1)c1ccccc1NS(=O)(=O)c1cccs1. The number of carbonyl (C=O) groups is 1. The third-order valence-corrected chi connectivity index (χ3v) is 6.66. The predicted molar refractivity (Wildman–Crippen MR) is 111 cm³/mol. The van der Waals surface area contributed by atoms with Crippen LogP contribution in [0.1, 0.15) is 15.9 Å². The Hall–Kier alpha value is -2.49. The van der Waals surface area contributed by atoms with Crippen molar-refractivity contribution < 1.29 is 13.2 Å². The van der Waals surface area contributed by atoms with Crippen molar-refractivity contribution in [3.63, 3.8) is 0 Å². The van der Waals surface area contributed by atoms with Crippen LogP contribution in [-0.4, -0.2) is 20.5 Å². The van der Waals surface area contributed by atoms with Gasteiger partial charge in [-0.05, 0) is 41.3 Å². The third-order valence-electron chi connectivity index (χ3n) is 3.40. The Kier molecular flexibility index (Phi) is 6.04. The van der Waals surface area contributed by atoms with Gasteiger partial charge in [-0.3, -0.25) is 9.52 Å². The van der Waals surface area contributed by atoms with E-state index in [0.29, 0.717) is 0 Å². The van der Waals surface area contributed by atoms with Gasteiger partial charge in [-0.25, -0.2) is 13.8 Å². The minimum absolute atomic E-state index is 0.170. The first kappa shape index (κ1) is 19.3. The number of nitrogens with one attached hydrogen (secondary N) is 2. The number of anilines is 1. The van der Waals surface area contributed by atoms with Crippen molar-refractivity contribution in [2.45, 2.75) is 4.21 Å². The standard InChI is InChI=1S/C18H14BrN3O3S2/c19-14-6-3-5-13(11-14)12-20-21-18(23)15-7-1-2-8-16(15)22-27(24,25)17-9-4-10-26-17/h1-12,22H,(H,21,23)/b20-12+. The molecule has 0 unspecified atom stereocenters. The second-order valence-corrected chi connectivity index (χ2v) is 9.11. The number of hydrazone groups is 1. The van der Waals surface area contributed by atoms with E-state index in [2.05, 4.69) is 31.2 Å². The predicted octanol–water partition coefficient (Wildman–Crippen LogP) is 4.08. The van der Waals surface area contributed by atoms with Crippen molar-refractivity contribution in [2.75, 3.05) is 4.72 Å². The van der Waals surface area contributed by atoms with E-state index in [1.165, 1.54) is 24.4 Å². The maximum Gasteiger partial charge on any atom is 0.273 e. The summed E-state index contributed by atoms with van der Waals surface area (Å²) >= 11 is 4.46. The fraction of sp³-hybridized carbons (Fsp3) is 0. The van der Waals surface area contributed by atoms with Crippen molar-refractivity contribution in [3.8, 4) is 0 Å². The van der Waals surface area contributed by atoms with Crippen molar-refractivity contribution in [3.05, 3.63) is 81.6 Å². The molecule has 0 aliphatic heterocycles. The number of halogens is 1. The molecule has 0 aliphatic rings. The number of para-hydroxylation sites is 1. The van der Waals surface area contributed by atoms with E-state index in [4.69, 9.17) is 0 Å². The molecular weight excluding hydrogens is 450 g/mol. The normalized spacial score (nSPS) is 11.4. The zero-order chi connectivity index (χ0) is 19.3. The van der Waals surface area contributed by atoms with Crippen LogP contribution >= 0.6 is 27.3 Å². The zero-order valence-corrected chi connectivity index (χ0v) is 17.0. The summed E-state index contributed by atoms with van der Waals surface area (Å²) in [4.78, 5) is 12.4. The second-order valence-electron chi connectivity index (χ2n) is 5.34. The number of hydrogen-bond acceptors (Lipinski definition) is 5. The molecule has 1 amide bonds. The van der Waals surface area contributed by atoms with E-state index < -0.39 is 15.9 Å². The topological polar surface area (TPSA) is 87.6 Å². The average Bonchev–Trinajstić information content (AvgIpc) is 3.17. The highest BCUT2D eigenvalue weighted by atomic mass is 79.9. The van der Waals surface area contributed by atoms with Gasteiger partial charge in [0.15, 0.2) is 0 Å². The minimum Gasteiger partial charge on any atom is -0.278 e. The summed E-state index contributed by atoms with van der Waals surface area (Å²) in [7, 11) is -3.75. The molecule has 0 atom stereocenters. The van der Waals surface area contributed by atoms with E-state index in [9.17, 15) is 13.2 Å². The molecule has 27 heavy (non-hydrogen) atoms. The van der Waals surface area contributed by atoms with Crippen LogP contribution in [0.2, 0.25) is 0 Å². The number of rotatable bonds is 6. The van der Waals surface area contributed by atoms with Crippen molar-refractivity contribution in [1.29, 1.82) is 0 Å². The van der Waals surface area contributed by atoms with Gasteiger partial charge in [-0.15, -0.1) is 11.3 Å². The van der Waals surface area contributed by atoms with E-state index in [1.54, 1.807) is 23.6 Å². The molecule has 138 valence electrons. The highest BCUT2D eigenvalue weighted by molar-refractivity contribution is 9.10. The Balaban J connectivity index is 1.76. The quantitative estimate of drug-likeness (QED) is 0.426. The lowest BCUT2D eigenvalue weighted by Gasteiger charge is -2.10. The molecule has 0 fully saturated rings. The molecule has 2 N–H and O–H groups in total. The fourth-order valence-corrected chi connectivity index (χ4v) is 4.68. The third kappa shape index (κ3) is 5.03. The van der Waals surface area contributed by atoms with E-state index in [-0.39, 0.29) is 15.5 Å². The highest BCUT2D eigenvalue weighted by Crippen LogP contribution is 2.22. The highest BCUT2D eigenvalue weighted by Gasteiger charge is 2.19. The van der Waals surface area contributed by atoms with E-state index in [0.717, 1.165) is 21.4 Å². The molecule has 9 heteroatoms. The monoisotopic (exact) mass is 463 g/mol. The molecule has 6 nitrogen and oxygen atoms in total. The van der Waals surface area contributed by atoms with Gasteiger partial charge in [0.2, 0.25) is 0 Å². The van der Waals surface area contributed by atoms with Crippen LogP contribution in [0.15, 0.2) is 79.8 Å². The van der Waals surface area contributed by atoms with Gasteiger partial charge in [0.1, 0.15) is 4.21 Å². The molecule has 0 radical (unpaired) electrons. The van der Waals surface area contributed by atoms with Gasteiger partial charge >= 0.3 is 0 Å². The van der Waals surface area contributed by atoms with Gasteiger partial charge in [0.05, 0.1) is 17.5 Å². The number of carbonyl (C=O) groups excluding carboxylic acids is 1. The van der Waals surface area contributed by atoms with Gasteiger partial charge < -0.3 is 0 Å². The Morgan fingerprint density at radius 1 is 1.07 bits per heavy atom. The van der Waals surface area contributed by atoms with Crippen molar-refractivity contribution >= 4 is 55.1 Å². The van der Waals surface area contributed by atoms with E-state index in [1.807, 2.05) is 24.3 Å². The van der Waals surface area contributed by atoms with Gasteiger partial charge in [-0.2, -0.15) is 5.10 Å². The molecule has 3 aromatic rings. The molecule has 3 rings (SSSR count). The molecule has 0 bridgehead atoms. The first-order valence-corrected chi connectivity index (χ1v) is 10.9. The number of thiophene rings is 1. The molecule has 1 heterocycles. The fourth-order valence-electron chi connectivity index (χ4n) is 2.19. The Labute approximate surface area is 169 Å². The second kappa shape index (κ2) is 8.47. The van der Waals surface area contributed by atoms with Crippen LogP contribution in [0.25, 0.3) is 0 Å². The lowest BCUT2D eigenvalue weighted by molar-refractivity contribution is 0.0956. The number of hydrogen-bond donors (Lipinski definition) is 2. The molecule has 0 saturated carbocycles. The molecule has 0 aliphatic carbocycles. The van der Waals surface area contributed by atoms with Gasteiger partial charge in [0.25, 0.3) is 15.9 Å². The number of sulfonamides is 1. The molecule has 0 spiro atoms. The van der Waals surface area contributed by atoms with Crippen LogP contribution in [0, 0.1) is 0 Å². The summed E-state index contributed by atoms with van der Waals surface area (Å²) in [6.45, 7) is 0. The maximum atomic E-state index is 12.4. The number of amides is 1. The largest absolute Gasteiger partial charge is 0.278 e. The van der Waals surface area contributed by atoms with Crippen LogP contribution in [0.5, 0.6) is 0 Å². The first-order chi connectivity index (χ1) is 13.0. The van der Waals surface area contributed by atoms with E-state index >= 15 is 0 Å². The number of benzene rings is 2. The summed E-state index contributed by atoms with van der Waals surface area (Å²) < 4.78 is 28.3. The van der Waals surface area contributed by atoms with Crippen LogP contribution in [0.4, 0.5) is 5.69 Å². The smallest absolute Gasteiger partial charge is 0.273 e. The Morgan fingerprint density at radius 3 is 2.63 bits per heavy atom. The van der Waals surface area contributed by atoms with Crippen molar-refractivity contribution in [2.24, 2.45) is 5.10 Å². The summed E-state index contributed by atoms with van der Waals surface area (Å²) in [6, 6.07) is 16.9. The average molecular weight is 464 g/mol. The summed E-state index contributed by atoms with van der Waals surface area (Å²) in [5.74, 6) is -0.522. The van der Waals surface area contributed by atoms with Gasteiger partial charge in [-0.1, -0.05) is 46.3 Å². The summed E-state index contributed by atoms with van der Waals surface area (Å²) in [5, 5.41) is 5.60. The molecule has 2 aromatic carbocycles. The minimum atomic E-state index is -3.75. The van der Waals surface area contributed by atoms with Crippen molar-refractivity contribution in [1.82, 2.24) is 5.43 Å². The summed E-state index contributed by atoms with van der Waals surface area (Å²) in [6.07, 6.45) is 1.50. The molecular formula is C18H14BrN3O3S2. The first-order valence-electron chi connectivity index (χ1n) is 7.70. The van der Waals surface area contributed by atoms with Crippen LogP contribution in [-0.2, 0) is 10.0 Å². The van der Waals surface area contributed by atoms with Crippen LogP contribution in [0.3, 0.4) is 0 Å². The lowest BCUT2D eigenvalue weighted by Crippen LogP contribution is -2.21. The Bertz CT molecular complexity index is 1080.